The first kappa shape index (κ1) is 15.6. The van der Waals surface area contributed by atoms with Crippen LogP contribution in [0.2, 0.25) is 0 Å². The van der Waals surface area contributed by atoms with E-state index in [0.29, 0.717) is 30.0 Å². The van der Waals surface area contributed by atoms with Crippen molar-refractivity contribution in [2.24, 2.45) is 0 Å². The van der Waals surface area contributed by atoms with Gasteiger partial charge in [-0.3, -0.25) is 0 Å². The van der Waals surface area contributed by atoms with Gasteiger partial charge < -0.3 is 9.84 Å². The van der Waals surface area contributed by atoms with Crippen molar-refractivity contribution in [1.29, 1.82) is 0 Å². The minimum Gasteiger partial charge on any atom is -0.488 e. The fourth-order valence-corrected chi connectivity index (χ4v) is 4.56. The summed E-state index contributed by atoms with van der Waals surface area (Å²) < 4.78 is 46.0. The Morgan fingerprint density at radius 1 is 1.17 bits per heavy atom. The van der Waals surface area contributed by atoms with E-state index < -0.39 is 22.4 Å². The van der Waals surface area contributed by atoms with E-state index in [1.165, 1.54) is 16.4 Å². The largest absolute Gasteiger partial charge is 0.488 e. The molecule has 2 aliphatic heterocycles. The van der Waals surface area contributed by atoms with Crippen molar-refractivity contribution in [1.82, 2.24) is 4.31 Å². The Balaban J connectivity index is 1.79. The number of rotatable bonds is 3. The van der Waals surface area contributed by atoms with Gasteiger partial charge in [-0.2, -0.15) is 4.31 Å². The van der Waals surface area contributed by atoms with Crippen LogP contribution in [0, 0.1) is 5.82 Å². The molecule has 0 atom stereocenters. The Kier molecular flexibility index (Phi) is 3.59. The summed E-state index contributed by atoms with van der Waals surface area (Å²) in [6, 6.07) is 7.66. The number of fused-ring (bicyclic) bond motifs is 3. The van der Waals surface area contributed by atoms with Crippen LogP contribution in [-0.4, -0.2) is 30.9 Å². The van der Waals surface area contributed by atoms with E-state index in [9.17, 15) is 12.8 Å². The van der Waals surface area contributed by atoms with Gasteiger partial charge in [-0.1, -0.05) is 6.07 Å². The second-order valence-electron chi connectivity index (χ2n) is 5.96. The van der Waals surface area contributed by atoms with Crippen molar-refractivity contribution in [3.63, 3.8) is 0 Å². The molecule has 1 fully saturated rings. The van der Waals surface area contributed by atoms with E-state index in [-0.39, 0.29) is 17.1 Å². The summed E-state index contributed by atoms with van der Waals surface area (Å²) in [5.74, 6) is -0.0173. The van der Waals surface area contributed by atoms with Gasteiger partial charge in [0.05, 0.1) is 11.5 Å². The molecule has 2 aliphatic rings. The molecule has 2 aromatic rings. The first-order valence-corrected chi connectivity index (χ1v) is 9.14. The Morgan fingerprint density at radius 2 is 1.96 bits per heavy atom. The van der Waals surface area contributed by atoms with Crippen molar-refractivity contribution in [2.45, 2.75) is 24.5 Å². The highest BCUT2D eigenvalue weighted by Crippen LogP contribution is 2.40. The molecule has 126 valence electrons. The van der Waals surface area contributed by atoms with Crippen molar-refractivity contribution in [3.8, 4) is 16.9 Å². The highest BCUT2D eigenvalue weighted by atomic mass is 32.2. The van der Waals surface area contributed by atoms with Crippen LogP contribution < -0.4 is 4.74 Å². The summed E-state index contributed by atoms with van der Waals surface area (Å²) in [4.78, 5) is 0.237. The lowest BCUT2D eigenvalue weighted by atomic mass is 9.96. The van der Waals surface area contributed by atoms with Gasteiger partial charge in [0.15, 0.2) is 0 Å². The van der Waals surface area contributed by atoms with E-state index in [1.807, 2.05) is 0 Å². The van der Waals surface area contributed by atoms with E-state index >= 15 is 0 Å². The molecule has 0 amide bonds. The molecular weight excluding hydrogens is 333 g/mol. The fraction of sp³-hybridized carbons (Fsp3) is 0.294. The van der Waals surface area contributed by atoms with Crippen LogP contribution in [-0.2, 0) is 23.2 Å². The number of hydrogen-bond acceptors (Lipinski definition) is 4. The quantitative estimate of drug-likeness (QED) is 0.923. The summed E-state index contributed by atoms with van der Waals surface area (Å²) in [6.07, 6.45) is 0.882. The third-order valence-corrected chi connectivity index (χ3v) is 6.42. The molecule has 2 aromatic carbocycles. The SMILES string of the molecule is O=S(=O)(c1ccc2c(c1)COc1cc(CO)c(F)cc1-2)N1CCC1. The molecule has 24 heavy (non-hydrogen) atoms. The lowest BCUT2D eigenvalue weighted by Crippen LogP contribution is -2.41. The van der Waals surface area contributed by atoms with Crippen LogP contribution >= 0.6 is 0 Å². The molecule has 0 aromatic heterocycles. The minimum atomic E-state index is -3.46. The molecular formula is C17H16FNO4S. The molecule has 7 heteroatoms. The molecule has 1 N–H and O–H groups in total. The maximum absolute atomic E-state index is 14.0. The normalized spacial score (nSPS) is 16.8. The van der Waals surface area contributed by atoms with Crippen LogP contribution in [0.15, 0.2) is 35.2 Å². The second-order valence-corrected chi connectivity index (χ2v) is 7.90. The average Bonchev–Trinajstić information content (AvgIpc) is 2.51. The number of sulfonamides is 1. The highest BCUT2D eigenvalue weighted by Gasteiger charge is 2.30. The number of ether oxygens (including phenoxy) is 1. The third-order valence-electron chi connectivity index (χ3n) is 4.52. The smallest absolute Gasteiger partial charge is 0.243 e. The van der Waals surface area contributed by atoms with Crippen LogP contribution in [0.4, 0.5) is 4.39 Å². The first-order valence-electron chi connectivity index (χ1n) is 7.70. The Labute approximate surface area is 139 Å². The molecule has 5 nitrogen and oxygen atoms in total. The van der Waals surface area contributed by atoms with Crippen LogP contribution in [0.3, 0.4) is 0 Å². The number of hydrogen-bond donors (Lipinski definition) is 1. The summed E-state index contributed by atoms with van der Waals surface area (Å²) in [7, 11) is -3.46. The minimum absolute atomic E-state index is 0.175. The molecule has 2 heterocycles. The number of aliphatic hydroxyl groups excluding tert-OH is 1. The summed E-state index contributed by atoms with van der Waals surface area (Å²) in [5, 5.41) is 9.16. The van der Waals surface area contributed by atoms with Crippen LogP contribution in [0.1, 0.15) is 17.5 Å². The Morgan fingerprint density at radius 3 is 2.62 bits per heavy atom. The molecule has 0 bridgehead atoms. The monoisotopic (exact) mass is 349 g/mol. The zero-order chi connectivity index (χ0) is 16.9. The predicted octanol–water partition coefficient (Wildman–Crippen LogP) is 2.27. The number of aliphatic hydroxyl groups is 1. The molecule has 4 rings (SSSR count). The van der Waals surface area contributed by atoms with Gasteiger partial charge >= 0.3 is 0 Å². The topological polar surface area (TPSA) is 66.8 Å². The summed E-state index contributed by atoms with van der Waals surface area (Å²) >= 11 is 0. The maximum Gasteiger partial charge on any atom is 0.243 e. The lowest BCUT2D eigenvalue weighted by molar-refractivity contribution is 0.271. The van der Waals surface area contributed by atoms with Gasteiger partial charge in [0, 0.05) is 24.2 Å². The van der Waals surface area contributed by atoms with Gasteiger partial charge in [-0.25, -0.2) is 12.8 Å². The fourth-order valence-electron chi connectivity index (χ4n) is 2.99. The zero-order valence-corrected chi connectivity index (χ0v) is 13.6. The molecule has 0 radical (unpaired) electrons. The van der Waals surface area contributed by atoms with Gasteiger partial charge in [0.25, 0.3) is 0 Å². The number of halogens is 1. The number of benzene rings is 2. The van der Waals surface area contributed by atoms with Gasteiger partial charge in [-0.05, 0) is 41.8 Å². The Bertz CT molecular complexity index is 922. The van der Waals surface area contributed by atoms with Gasteiger partial charge in [-0.15, -0.1) is 0 Å². The van der Waals surface area contributed by atoms with Crippen molar-refractivity contribution >= 4 is 10.0 Å². The van der Waals surface area contributed by atoms with Crippen molar-refractivity contribution < 1.29 is 22.7 Å². The van der Waals surface area contributed by atoms with Gasteiger partial charge in [0.1, 0.15) is 18.2 Å². The first-order chi connectivity index (χ1) is 11.5. The zero-order valence-electron chi connectivity index (χ0n) is 12.8. The van der Waals surface area contributed by atoms with E-state index in [0.717, 1.165) is 12.0 Å². The van der Waals surface area contributed by atoms with E-state index in [1.54, 1.807) is 18.2 Å². The standard InChI is InChI=1S/C17H16FNO4S/c18-16-8-15-14-3-2-13(24(21,22)19-4-1-5-19)6-12(14)10-23-17(15)7-11(16)9-20/h2-3,6-8,20H,1,4-5,9-10H2. The highest BCUT2D eigenvalue weighted by molar-refractivity contribution is 7.89. The predicted molar refractivity (Wildman–Crippen MR) is 85.5 cm³/mol. The van der Waals surface area contributed by atoms with E-state index in [4.69, 9.17) is 9.84 Å². The molecule has 0 unspecified atom stereocenters. The van der Waals surface area contributed by atoms with Crippen LogP contribution in [0.5, 0.6) is 5.75 Å². The van der Waals surface area contributed by atoms with E-state index in [2.05, 4.69) is 0 Å². The van der Waals surface area contributed by atoms with Gasteiger partial charge in [0.2, 0.25) is 10.0 Å². The average molecular weight is 349 g/mol. The molecule has 0 spiro atoms. The molecule has 0 aliphatic carbocycles. The van der Waals surface area contributed by atoms with Crippen LogP contribution in [0.25, 0.3) is 11.1 Å². The lowest BCUT2D eigenvalue weighted by Gasteiger charge is -2.30. The van der Waals surface area contributed by atoms with Crippen molar-refractivity contribution in [2.75, 3.05) is 13.1 Å². The molecule has 0 saturated carbocycles. The number of nitrogens with zero attached hydrogens (tertiary/aromatic N) is 1. The second kappa shape index (κ2) is 5.54. The Hall–Kier alpha value is -1.96. The summed E-state index contributed by atoms with van der Waals surface area (Å²) in [5.41, 5.74) is 2.20. The maximum atomic E-state index is 14.0. The molecule has 1 saturated heterocycles. The summed E-state index contributed by atoms with van der Waals surface area (Å²) in [6.45, 7) is 0.909. The third kappa shape index (κ3) is 2.31. The van der Waals surface area contributed by atoms with Crippen molar-refractivity contribution in [3.05, 3.63) is 47.3 Å².